The predicted molar refractivity (Wildman–Crippen MR) is 214 cm³/mol. The first-order valence-corrected chi connectivity index (χ1v) is 20.7. The molecule has 275 valence electrons. The van der Waals surface area contributed by atoms with Crippen molar-refractivity contribution in [3.63, 3.8) is 0 Å². The number of aromatic nitrogens is 2. The van der Waals surface area contributed by atoms with Gasteiger partial charge in [-0.15, -0.1) is 0 Å². The van der Waals surface area contributed by atoms with Gasteiger partial charge in [0.2, 0.25) is 0 Å². The van der Waals surface area contributed by atoms with Crippen LogP contribution in [0.3, 0.4) is 0 Å². The van der Waals surface area contributed by atoms with Gasteiger partial charge >= 0.3 is 220 Å². The van der Waals surface area contributed by atoms with Gasteiger partial charge in [-0.05, 0) is 25.7 Å². The minimum Gasteiger partial charge on any atom is 0 e. The molecule has 1 radical (unpaired) electrons. The first kappa shape index (κ1) is 42.8. The third-order valence-corrected chi connectivity index (χ3v) is 12.7. The normalized spacial score (nSPS) is 12.3. The SMILES string of the molecule is CCC(CC)C(=O)/C=C(\O)C(CC)CC.Cc1cc(CC(C)(C)C)ccc1-c1nc2ccnc(-c3[c-]c4ccccc4c(C(C)(C)C)c3)c2[te]1.[Ir]. The van der Waals surface area contributed by atoms with E-state index in [1.54, 1.807) is 0 Å². The average Bonchev–Trinajstić information content (AvgIpc) is 3.49. The van der Waals surface area contributed by atoms with Gasteiger partial charge in [0, 0.05) is 38.0 Å². The monoisotopic (exact) mass is 980 g/mol. The average molecular weight is 978 g/mol. The van der Waals surface area contributed by atoms with E-state index in [2.05, 4.69) is 109 Å². The summed E-state index contributed by atoms with van der Waals surface area (Å²) in [6, 6.07) is 23.6. The molecule has 0 amide bonds. The van der Waals surface area contributed by atoms with Crippen molar-refractivity contribution in [1.82, 2.24) is 9.97 Å². The Balaban J connectivity index is 0.000000374. The number of hydrogen-bond donors (Lipinski definition) is 1. The van der Waals surface area contributed by atoms with Crippen LogP contribution in [0.5, 0.6) is 0 Å². The second-order valence-corrected chi connectivity index (χ2v) is 18.7. The van der Waals surface area contributed by atoms with E-state index in [4.69, 9.17) is 9.97 Å². The Morgan fingerprint density at radius 2 is 1.55 bits per heavy atom. The summed E-state index contributed by atoms with van der Waals surface area (Å²) in [6.45, 7) is 24.0. The number of carbonyl (C=O) groups is 1. The van der Waals surface area contributed by atoms with E-state index in [-0.39, 0.29) is 54.3 Å². The molecule has 0 aliphatic heterocycles. The van der Waals surface area contributed by atoms with Gasteiger partial charge in [0.1, 0.15) is 0 Å². The Bertz CT molecular complexity index is 1950. The third-order valence-electron chi connectivity index (χ3n) is 9.48. The maximum Gasteiger partial charge on any atom is 0 e. The zero-order chi connectivity index (χ0) is 36.8. The van der Waals surface area contributed by atoms with Crippen LogP contribution in [0.25, 0.3) is 40.2 Å². The largest absolute Gasteiger partial charge is 0 e. The van der Waals surface area contributed by atoms with Crippen molar-refractivity contribution in [2.75, 3.05) is 0 Å². The van der Waals surface area contributed by atoms with Gasteiger partial charge in [0.15, 0.2) is 5.78 Å². The van der Waals surface area contributed by atoms with Gasteiger partial charge in [0.25, 0.3) is 0 Å². The summed E-state index contributed by atoms with van der Waals surface area (Å²) < 4.78 is 2.59. The number of allylic oxidation sites excluding steroid dienone is 2. The molecular weight excluding hydrogens is 920 g/mol. The number of ketones is 1. The fourth-order valence-corrected chi connectivity index (χ4v) is 9.90. The van der Waals surface area contributed by atoms with Crippen LogP contribution in [-0.2, 0) is 36.7 Å². The molecule has 4 nitrogen and oxygen atoms in total. The molecule has 51 heavy (non-hydrogen) atoms. The van der Waals surface area contributed by atoms with Crippen molar-refractivity contribution >= 4 is 45.9 Å². The summed E-state index contributed by atoms with van der Waals surface area (Å²) in [5.74, 6) is 0.547. The minimum absolute atomic E-state index is 0. The number of fused-ring (bicyclic) bond motifs is 2. The minimum atomic E-state index is -0.664. The van der Waals surface area contributed by atoms with Gasteiger partial charge in [-0.1, -0.05) is 27.7 Å². The summed E-state index contributed by atoms with van der Waals surface area (Å²) >= 11 is -0.664. The summed E-state index contributed by atoms with van der Waals surface area (Å²) in [5, 5.41) is 12.2. The van der Waals surface area contributed by atoms with E-state index in [0.29, 0.717) is 0 Å². The molecule has 0 aliphatic rings. The molecule has 2 aromatic heterocycles. The number of aliphatic hydroxyl groups is 1. The molecule has 0 spiro atoms. The molecule has 6 heteroatoms. The van der Waals surface area contributed by atoms with E-state index in [0.717, 1.165) is 54.3 Å². The van der Waals surface area contributed by atoms with Crippen molar-refractivity contribution < 1.29 is 30.0 Å². The number of aliphatic hydroxyl groups excluding tert-OH is 1. The maximum absolute atomic E-state index is 11.7. The molecule has 0 atom stereocenters. The van der Waals surface area contributed by atoms with Crippen LogP contribution in [0.4, 0.5) is 0 Å². The number of carbonyl (C=O) groups excluding carboxylic acids is 1. The fraction of sp³-hybridized carbons (Fsp3) is 0.444. The van der Waals surface area contributed by atoms with E-state index in [1.807, 2.05) is 33.9 Å². The van der Waals surface area contributed by atoms with Crippen LogP contribution in [0, 0.1) is 30.2 Å². The van der Waals surface area contributed by atoms with Crippen LogP contribution < -0.4 is 0 Å². The van der Waals surface area contributed by atoms with E-state index in [1.165, 1.54) is 40.8 Å². The van der Waals surface area contributed by atoms with Crippen molar-refractivity contribution in [3.05, 3.63) is 95.4 Å². The zero-order valence-corrected chi connectivity index (χ0v) is 37.3. The Morgan fingerprint density at radius 1 is 0.902 bits per heavy atom. The standard InChI is InChI=1S/C32H33N2Te.C13H24O2.Ir/c1-20-16-21(19-31(2,3)4)12-13-24(20)30-34-27-14-15-33-28(29(27)35-30)23-17-22-10-8-9-11-25(22)26(18-23)32(5,6)7;1-5-10(6-2)12(14)9-13(15)11(7-3)8-4;/h8-16,18H,19H2,1-7H3;9-11,14H,5-8H2,1-4H3;/q-1;;/b;12-9-;. The van der Waals surface area contributed by atoms with Crippen molar-refractivity contribution in [2.45, 2.75) is 114 Å². The number of benzene rings is 3. The second-order valence-electron chi connectivity index (χ2n) is 15.8. The van der Waals surface area contributed by atoms with E-state index < -0.39 is 20.4 Å². The predicted octanol–water partition coefficient (Wildman–Crippen LogP) is 12.0. The Morgan fingerprint density at radius 3 is 2.14 bits per heavy atom. The molecule has 0 unspecified atom stereocenters. The van der Waals surface area contributed by atoms with Crippen molar-refractivity contribution in [3.8, 4) is 20.5 Å². The van der Waals surface area contributed by atoms with Gasteiger partial charge < -0.3 is 5.11 Å². The molecule has 0 fully saturated rings. The molecule has 1 N–H and O–H groups in total. The van der Waals surface area contributed by atoms with Gasteiger partial charge in [-0.25, -0.2) is 0 Å². The van der Waals surface area contributed by atoms with Crippen LogP contribution in [0.1, 0.15) is 112 Å². The molecule has 3 aromatic carbocycles. The number of pyridine rings is 1. The Kier molecular flexibility index (Phi) is 15.5. The van der Waals surface area contributed by atoms with Crippen LogP contribution in [0.2, 0.25) is 0 Å². The smallest absolute Gasteiger partial charge is 0 e. The van der Waals surface area contributed by atoms with Crippen LogP contribution >= 0.6 is 0 Å². The molecule has 0 saturated heterocycles. The second kappa shape index (κ2) is 18.4. The summed E-state index contributed by atoms with van der Waals surface area (Å²) in [7, 11) is 0. The molecule has 5 aromatic rings. The molecule has 5 rings (SSSR count). The molecule has 0 aliphatic carbocycles. The molecular formula is C45H57IrN2O2Te-. The fourth-order valence-electron chi connectivity index (χ4n) is 6.61. The number of rotatable bonds is 10. The van der Waals surface area contributed by atoms with Crippen molar-refractivity contribution in [1.29, 1.82) is 0 Å². The summed E-state index contributed by atoms with van der Waals surface area (Å²) in [6.07, 6.45) is 7.90. The first-order valence-electron chi connectivity index (χ1n) is 18.4. The summed E-state index contributed by atoms with van der Waals surface area (Å²) in [4.78, 5) is 21.7. The maximum atomic E-state index is 11.7. The Hall–Kier alpha value is -2.61. The molecule has 0 saturated carbocycles. The van der Waals surface area contributed by atoms with E-state index >= 15 is 0 Å². The van der Waals surface area contributed by atoms with Crippen LogP contribution in [-0.4, -0.2) is 41.3 Å². The molecule has 2 heterocycles. The van der Waals surface area contributed by atoms with Gasteiger partial charge in [0.05, 0.1) is 5.76 Å². The number of aryl methyl sites for hydroxylation is 1. The summed E-state index contributed by atoms with van der Waals surface area (Å²) in [5.41, 5.74) is 8.91. The Labute approximate surface area is 330 Å². The number of nitrogens with zero attached hydrogens (tertiary/aromatic N) is 2. The van der Waals surface area contributed by atoms with Gasteiger partial charge in [-0.2, -0.15) is 0 Å². The zero-order valence-electron chi connectivity index (χ0n) is 32.5. The van der Waals surface area contributed by atoms with Crippen molar-refractivity contribution in [2.24, 2.45) is 17.3 Å². The molecule has 0 bridgehead atoms. The van der Waals surface area contributed by atoms with E-state index in [9.17, 15) is 9.90 Å². The topological polar surface area (TPSA) is 63.1 Å². The first-order chi connectivity index (χ1) is 23.6. The number of hydrogen-bond acceptors (Lipinski definition) is 4. The quantitative estimate of drug-likeness (QED) is 0.0655. The van der Waals surface area contributed by atoms with Gasteiger partial charge in [-0.3, -0.25) is 4.79 Å². The van der Waals surface area contributed by atoms with Crippen LogP contribution in [0.15, 0.2) is 72.6 Å². The third kappa shape index (κ3) is 11.0.